The van der Waals surface area contributed by atoms with E-state index >= 15 is 0 Å². The third-order valence-electron chi connectivity index (χ3n) is 2.59. The van der Waals surface area contributed by atoms with Crippen molar-refractivity contribution in [2.45, 2.75) is 49.2 Å². The molecule has 1 fully saturated rings. The third-order valence-corrected chi connectivity index (χ3v) is 4.78. The second-order valence-corrected chi connectivity index (χ2v) is 11.3. The van der Waals surface area contributed by atoms with Crippen molar-refractivity contribution in [1.29, 1.82) is 0 Å². The molecule has 0 amide bonds. The Morgan fingerprint density at radius 2 is 2.13 bits per heavy atom. The molecular weight excluding hydrogens is 317 g/mol. The van der Waals surface area contributed by atoms with Crippen LogP contribution in [-0.2, 0) is 4.79 Å². The van der Waals surface area contributed by atoms with Gasteiger partial charge in [0.2, 0.25) is 0 Å². The zero-order valence-corrected chi connectivity index (χ0v) is 13.0. The molecule has 0 radical (unpaired) electrons. The minimum Gasteiger partial charge on any atom is -0.329 e. The number of nitrogens with zero attached hydrogens (tertiary/aromatic N) is 1. The van der Waals surface area contributed by atoms with Crippen molar-refractivity contribution in [1.82, 2.24) is 0 Å². The summed E-state index contributed by atoms with van der Waals surface area (Å²) in [4.78, 5) is 10.6. The number of aldehydes is 1. The molecule has 0 aliphatic heterocycles. The molecule has 0 aromatic carbocycles. The lowest BCUT2D eigenvalue weighted by Crippen LogP contribution is -2.33. The molecule has 0 N–H and O–H groups in total. The Kier molecular flexibility index (Phi) is 4.95. The van der Waals surface area contributed by atoms with Gasteiger partial charge in [0.05, 0.1) is 0 Å². The maximum absolute atomic E-state index is 10.6. The van der Waals surface area contributed by atoms with Crippen LogP contribution in [0.25, 0.3) is 0 Å². The molecular formula is C11H20INOSi. The van der Waals surface area contributed by atoms with Gasteiger partial charge in [-0.15, -0.1) is 0 Å². The molecule has 86 valence electrons. The summed E-state index contributed by atoms with van der Waals surface area (Å²) in [7, 11) is -1.39. The number of hydrogen-bond donors (Lipinski definition) is 0. The molecule has 0 aromatic rings. The van der Waals surface area contributed by atoms with Gasteiger partial charge in [-0.1, -0.05) is 29.0 Å². The summed E-state index contributed by atoms with van der Waals surface area (Å²) in [5, 5.41) is 0. The molecule has 2 atom stereocenters. The van der Waals surface area contributed by atoms with Crippen molar-refractivity contribution in [2.75, 3.05) is 0 Å². The highest BCUT2D eigenvalue weighted by atomic mass is 127. The first-order valence-corrected chi connectivity index (χ1v) is 10.3. The molecule has 1 rings (SSSR count). The molecule has 0 aromatic heterocycles. The number of halogens is 1. The normalized spacial score (nSPS) is 30.5. The van der Waals surface area contributed by atoms with Crippen LogP contribution in [0.4, 0.5) is 0 Å². The highest BCUT2D eigenvalue weighted by Gasteiger charge is 2.28. The van der Waals surface area contributed by atoms with E-state index in [1.54, 1.807) is 0 Å². The van der Waals surface area contributed by atoms with Gasteiger partial charge in [-0.25, -0.2) is 0 Å². The quantitative estimate of drug-likeness (QED) is 0.336. The van der Waals surface area contributed by atoms with Gasteiger partial charge in [-0.05, 0) is 32.5 Å². The van der Waals surface area contributed by atoms with Crippen LogP contribution >= 0.6 is 22.6 Å². The van der Waals surface area contributed by atoms with Gasteiger partial charge in [-0.3, -0.25) is 0 Å². The lowest BCUT2D eigenvalue weighted by atomic mass is 9.85. The second kappa shape index (κ2) is 5.57. The van der Waals surface area contributed by atoms with Crippen LogP contribution in [0.15, 0.2) is 4.66 Å². The number of carbonyl (C=O) groups is 1. The molecule has 2 nitrogen and oxygen atoms in total. The molecule has 1 aliphatic rings. The van der Waals surface area contributed by atoms with Gasteiger partial charge in [0.1, 0.15) is 6.29 Å². The van der Waals surface area contributed by atoms with E-state index in [4.69, 9.17) is 4.66 Å². The summed E-state index contributed by atoms with van der Waals surface area (Å²) >= 11 is 2.49. The monoisotopic (exact) mass is 337 g/mol. The van der Waals surface area contributed by atoms with Crippen LogP contribution in [0.3, 0.4) is 0 Å². The van der Waals surface area contributed by atoms with Crippen LogP contribution in [0.1, 0.15) is 25.7 Å². The van der Waals surface area contributed by atoms with Gasteiger partial charge >= 0.3 is 0 Å². The van der Waals surface area contributed by atoms with Gasteiger partial charge in [0.15, 0.2) is 8.24 Å². The van der Waals surface area contributed by atoms with Crippen LogP contribution < -0.4 is 0 Å². The van der Waals surface area contributed by atoms with E-state index in [1.807, 2.05) is 0 Å². The lowest BCUT2D eigenvalue weighted by molar-refractivity contribution is -0.108. The molecule has 1 aliphatic carbocycles. The average molecular weight is 337 g/mol. The fourth-order valence-corrected chi connectivity index (χ4v) is 4.46. The lowest BCUT2D eigenvalue weighted by Gasteiger charge is -2.29. The molecule has 0 spiro atoms. The highest BCUT2D eigenvalue weighted by Crippen LogP contribution is 2.30. The minimum atomic E-state index is -1.39. The van der Waals surface area contributed by atoms with E-state index in [0.717, 1.165) is 12.7 Å². The second-order valence-electron chi connectivity index (χ2n) is 5.21. The van der Waals surface area contributed by atoms with Gasteiger partial charge in [0, 0.05) is 22.0 Å². The predicted octanol–water partition coefficient (Wildman–Crippen LogP) is 3.46. The van der Waals surface area contributed by atoms with E-state index in [0.29, 0.717) is 16.3 Å². The van der Waals surface area contributed by atoms with Crippen molar-refractivity contribution in [3.8, 4) is 0 Å². The molecule has 2 unspecified atom stereocenters. The topological polar surface area (TPSA) is 29.4 Å². The SMILES string of the molecule is C[Si](C)(C)/N=C1/C(I)CCCC1CC=O. The highest BCUT2D eigenvalue weighted by molar-refractivity contribution is 14.1. The Hall–Kier alpha value is 0.287. The fraction of sp³-hybridized carbons (Fsp3) is 0.818. The Balaban J connectivity index is 2.86. The molecule has 0 bridgehead atoms. The predicted molar refractivity (Wildman–Crippen MR) is 76.6 cm³/mol. The number of alkyl halides is 1. The largest absolute Gasteiger partial charge is 0.329 e. The average Bonchev–Trinajstić information content (AvgIpc) is 2.10. The first kappa shape index (κ1) is 13.4. The standard InChI is InChI=1S/C11H20INOSi/c1-15(2,3)13-11-9(7-8-14)5-4-6-10(11)12/h8-10H,4-7H2,1-3H3/b13-11+. The van der Waals surface area contributed by atoms with Gasteiger partial charge in [0.25, 0.3) is 0 Å². The molecule has 4 heteroatoms. The van der Waals surface area contributed by atoms with Crippen LogP contribution in [-0.4, -0.2) is 24.2 Å². The summed E-state index contributed by atoms with van der Waals surface area (Å²) in [6.07, 6.45) is 5.36. The van der Waals surface area contributed by atoms with Crippen molar-refractivity contribution >= 4 is 42.8 Å². The minimum absolute atomic E-state index is 0.435. The smallest absolute Gasteiger partial charge is 0.172 e. The van der Waals surface area contributed by atoms with E-state index in [-0.39, 0.29) is 0 Å². The molecule has 15 heavy (non-hydrogen) atoms. The fourth-order valence-electron chi connectivity index (χ4n) is 2.00. The molecule has 0 heterocycles. The van der Waals surface area contributed by atoms with Crippen molar-refractivity contribution < 1.29 is 4.79 Å². The van der Waals surface area contributed by atoms with E-state index in [9.17, 15) is 4.79 Å². The van der Waals surface area contributed by atoms with Crippen molar-refractivity contribution in [3.63, 3.8) is 0 Å². The first-order valence-electron chi connectivity index (χ1n) is 5.61. The number of hydrogen-bond acceptors (Lipinski definition) is 2. The summed E-state index contributed by atoms with van der Waals surface area (Å²) in [6, 6.07) is 0. The van der Waals surface area contributed by atoms with Gasteiger partial charge < -0.3 is 9.45 Å². The van der Waals surface area contributed by atoms with Crippen molar-refractivity contribution in [3.05, 3.63) is 0 Å². The number of carbonyl (C=O) groups excluding carboxylic acids is 1. The van der Waals surface area contributed by atoms with Crippen LogP contribution in [0.2, 0.25) is 19.6 Å². The Morgan fingerprint density at radius 3 is 2.67 bits per heavy atom. The van der Waals surface area contributed by atoms with Crippen LogP contribution in [0, 0.1) is 5.92 Å². The first-order chi connectivity index (χ1) is 6.94. The Labute approximate surface area is 107 Å². The summed E-state index contributed by atoms with van der Waals surface area (Å²) in [5.74, 6) is 0.435. The summed E-state index contributed by atoms with van der Waals surface area (Å²) in [6.45, 7) is 6.78. The van der Waals surface area contributed by atoms with E-state index in [2.05, 4.69) is 42.2 Å². The summed E-state index contributed by atoms with van der Waals surface area (Å²) < 4.78 is 5.50. The summed E-state index contributed by atoms with van der Waals surface area (Å²) in [5.41, 5.74) is 1.33. The van der Waals surface area contributed by atoms with Gasteiger partial charge in [-0.2, -0.15) is 0 Å². The zero-order valence-electron chi connectivity index (χ0n) is 9.79. The van der Waals surface area contributed by atoms with Crippen molar-refractivity contribution in [2.24, 2.45) is 10.6 Å². The Bertz CT molecular complexity index is 260. The molecule has 1 saturated carbocycles. The maximum Gasteiger partial charge on any atom is 0.172 e. The van der Waals surface area contributed by atoms with E-state index < -0.39 is 8.24 Å². The zero-order chi connectivity index (χ0) is 11.5. The Morgan fingerprint density at radius 1 is 1.47 bits per heavy atom. The van der Waals surface area contributed by atoms with Crippen LogP contribution in [0.5, 0.6) is 0 Å². The maximum atomic E-state index is 10.6. The number of rotatable bonds is 3. The third kappa shape index (κ3) is 4.34. The van der Waals surface area contributed by atoms with E-state index in [1.165, 1.54) is 18.6 Å². The molecule has 0 saturated heterocycles.